The van der Waals surface area contributed by atoms with E-state index in [4.69, 9.17) is 0 Å². The molecule has 1 saturated carbocycles. The third kappa shape index (κ3) is 3.32. The minimum absolute atomic E-state index is 0.466. The molecule has 1 atom stereocenters. The molecule has 1 heteroatoms. The maximum absolute atomic E-state index is 3.70. The molecule has 0 aliphatic heterocycles. The van der Waals surface area contributed by atoms with Crippen LogP contribution in [0, 0.1) is 12.3 Å². The van der Waals surface area contributed by atoms with Crippen LogP contribution in [0.3, 0.4) is 0 Å². The Labute approximate surface area is 106 Å². The molecule has 1 aliphatic carbocycles. The van der Waals surface area contributed by atoms with Gasteiger partial charge < -0.3 is 5.32 Å². The molecule has 1 N–H and O–H groups in total. The van der Waals surface area contributed by atoms with Crippen molar-refractivity contribution in [3.8, 4) is 0 Å². The summed E-state index contributed by atoms with van der Waals surface area (Å²) in [5, 5.41) is 3.70. The molecule has 1 fully saturated rings. The number of nitrogens with one attached hydrogen (secondary N) is 1. The van der Waals surface area contributed by atoms with Gasteiger partial charge >= 0.3 is 0 Å². The summed E-state index contributed by atoms with van der Waals surface area (Å²) < 4.78 is 0. The second kappa shape index (κ2) is 5.22. The van der Waals surface area contributed by atoms with Gasteiger partial charge in [0.25, 0.3) is 0 Å². The monoisotopic (exact) mass is 231 g/mol. The lowest BCUT2D eigenvalue weighted by Crippen LogP contribution is -2.31. The molecule has 0 aromatic heterocycles. The van der Waals surface area contributed by atoms with Crippen LogP contribution in [-0.4, -0.2) is 6.54 Å². The first-order chi connectivity index (χ1) is 8.09. The van der Waals surface area contributed by atoms with Crippen LogP contribution in [0.5, 0.6) is 0 Å². The summed E-state index contributed by atoms with van der Waals surface area (Å²) in [6.07, 6.45) is 5.61. The standard InChI is InChI=1S/C16H25N/c1-13-6-8-15(9-7-13)14(2)17-12-16(3)10-4-5-11-16/h6-9,14,17H,4-5,10-12H2,1-3H3. The van der Waals surface area contributed by atoms with Gasteiger partial charge in [-0.25, -0.2) is 0 Å². The minimum atomic E-state index is 0.466. The van der Waals surface area contributed by atoms with Crippen molar-refractivity contribution in [1.82, 2.24) is 5.32 Å². The van der Waals surface area contributed by atoms with Crippen LogP contribution in [0.2, 0.25) is 0 Å². The third-order valence-corrected chi connectivity index (χ3v) is 4.22. The first-order valence-corrected chi connectivity index (χ1v) is 6.89. The molecule has 17 heavy (non-hydrogen) atoms. The van der Waals surface area contributed by atoms with E-state index >= 15 is 0 Å². The number of benzene rings is 1. The van der Waals surface area contributed by atoms with Gasteiger partial charge in [-0.05, 0) is 37.7 Å². The number of aryl methyl sites for hydroxylation is 1. The summed E-state index contributed by atoms with van der Waals surface area (Å²) >= 11 is 0. The average Bonchev–Trinajstić information content (AvgIpc) is 2.75. The molecular formula is C16H25N. The molecule has 2 rings (SSSR count). The molecule has 0 bridgehead atoms. The van der Waals surface area contributed by atoms with E-state index in [0.717, 1.165) is 6.54 Å². The van der Waals surface area contributed by atoms with E-state index in [2.05, 4.69) is 50.4 Å². The Hall–Kier alpha value is -0.820. The smallest absolute Gasteiger partial charge is 0.0292 e. The zero-order valence-electron chi connectivity index (χ0n) is 11.4. The molecule has 0 spiro atoms. The molecule has 0 saturated heterocycles. The highest BCUT2D eigenvalue weighted by Gasteiger charge is 2.28. The molecule has 1 nitrogen and oxygen atoms in total. The first-order valence-electron chi connectivity index (χ1n) is 6.89. The first kappa shape index (κ1) is 12.6. The summed E-state index contributed by atoms with van der Waals surface area (Å²) in [6.45, 7) is 7.99. The minimum Gasteiger partial charge on any atom is -0.310 e. The van der Waals surface area contributed by atoms with Gasteiger partial charge in [0.1, 0.15) is 0 Å². The van der Waals surface area contributed by atoms with Crippen molar-refractivity contribution in [3.05, 3.63) is 35.4 Å². The summed E-state index contributed by atoms with van der Waals surface area (Å²) in [5.74, 6) is 0. The highest BCUT2D eigenvalue weighted by Crippen LogP contribution is 2.37. The largest absolute Gasteiger partial charge is 0.310 e. The van der Waals surface area contributed by atoms with E-state index in [0.29, 0.717) is 11.5 Å². The van der Waals surface area contributed by atoms with Gasteiger partial charge in [-0.1, -0.05) is 49.6 Å². The molecular weight excluding hydrogens is 206 g/mol. The van der Waals surface area contributed by atoms with Crippen LogP contribution in [-0.2, 0) is 0 Å². The Morgan fingerprint density at radius 1 is 1.18 bits per heavy atom. The van der Waals surface area contributed by atoms with Gasteiger partial charge in [-0.2, -0.15) is 0 Å². The fraction of sp³-hybridized carbons (Fsp3) is 0.625. The van der Waals surface area contributed by atoms with Crippen LogP contribution in [0.4, 0.5) is 0 Å². The molecule has 1 aromatic rings. The highest BCUT2D eigenvalue weighted by atomic mass is 14.9. The van der Waals surface area contributed by atoms with Crippen molar-refractivity contribution in [1.29, 1.82) is 0 Å². The fourth-order valence-electron chi connectivity index (χ4n) is 2.78. The molecule has 1 aromatic carbocycles. The number of hydrogen-bond donors (Lipinski definition) is 1. The maximum Gasteiger partial charge on any atom is 0.0292 e. The van der Waals surface area contributed by atoms with Gasteiger partial charge in [0.2, 0.25) is 0 Å². The lowest BCUT2D eigenvalue weighted by Gasteiger charge is -2.26. The van der Waals surface area contributed by atoms with Gasteiger partial charge in [0, 0.05) is 12.6 Å². The molecule has 0 amide bonds. The Morgan fingerprint density at radius 2 is 1.76 bits per heavy atom. The Bertz CT molecular complexity index is 346. The van der Waals surface area contributed by atoms with Crippen molar-refractivity contribution >= 4 is 0 Å². The fourth-order valence-corrected chi connectivity index (χ4v) is 2.78. The van der Waals surface area contributed by atoms with Crippen molar-refractivity contribution < 1.29 is 0 Å². The normalized spacial score (nSPS) is 20.4. The Morgan fingerprint density at radius 3 is 2.35 bits per heavy atom. The predicted octanol–water partition coefficient (Wildman–Crippen LogP) is 4.23. The second-order valence-corrected chi connectivity index (χ2v) is 6.03. The van der Waals surface area contributed by atoms with E-state index in [9.17, 15) is 0 Å². The summed E-state index contributed by atoms with van der Waals surface area (Å²) in [6, 6.07) is 9.34. The molecule has 1 unspecified atom stereocenters. The van der Waals surface area contributed by atoms with Crippen LogP contribution < -0.4 is 5.32 Å². The predicted molar refractivity (Wildman–Crippen MR) is 74.2 cm³/mol. The van der Waals surface area contributed by atoms with Gasteiger partial charge in [-0.15, -0.1) is 0 Å². The van der Waals surface area contributed by atoms with E-state index in [-0.39, 0.29) is 0 Å². The van der Waals surface area contributed by atoms with Crippen LogP contribution in [0.15, 0.2) is 24.3 Å². The molecule has 0 radical (unpaired) electrons. The summed E-state index contributed by atoms with van der Waals surface area (Å²) in [7, 11) is 0. The van der Waals surface area contributed by atoms with E-state index in [1.165, 1.54) is 36.8 Å². The average molecular weight is 231 g/mol. The topological polar surface area (TPSA) is 12.0 Å². The maximum atomic E-state index is 3.70. The van der Waals surface area contributed by atoms with Gasteiger partial charge in [-0.3, -0.25) is 0 Å². The molecule has 0 heterocycles. The zero-order valence-corrected chi connectivity index (χ0v) is 11.4. The lowest BCUT2D eigenvalue weighted by molar-refractivity contribution is 0.302. The van der Waals surface area contributed by atoms with Gasteiger partial charge in [0.05, 0.1) is 0 Å². The van der Waals surface area contributed by atoms with Crippen molar-refractivity contribution in [2.45, 2.75) is 52.5 Å². The second-order valence-electron chi connectivity index (χ2n) is 6.03. The molecule has 94 valence electrons. The summed E-state index contributed by atoms with van der Waals surface area (Å²) in [4.78, 5) is 0. The van der Waals surface area contributed by atoms with Crippen molar-refractivity contribution in [3.63, 3.8) is 0 Å². The van der Waals surface area contributed by atoms with Gasteiger partial charge in [0.15, 0.2) is 0 Å². The third-order valence-electron chi connectivity index (χ3n) is 4.22. The highest BCUT2D eigenvalue weighted by molar-refractivity contribution is 5.23. The quantitative estimate of drug-likeness (QED) is 0.818. The van der Waals surface area contributed by atoms with E-state index in [1.807, 2.05) is 0 Å². The SMILES string of the molecule is Cc1ccc(C(C)NCC2(C)CCCC2)cc1. The Balaban J connectivity index is 1.88. The van der Waals surface area contributed by atoms with E-state index in [1.54, 1.807) is 0 Å². The van der Waals surface area contributed by atoms with Crippen LogP contribution in [0.25, 0.3) is 0 Å². The Kier molecular flexibility index (Phi) is 3.88. The lowest BCUT2D eigenvalue weighted by atomic mass is 9.88. The van der Waals surface area contributed by atoms with Crippen molar-refractivity contribution in [2.24, 2.45) is 5.41 Å². The van der Waals surface area contributed by atoms with Crippen molar-refractivity contribution in [2.75, 3.05) is 6.54 Å². The van der Waals surface area contributed by atoms with Crippen LogP contribution in [0.1, 0.15) is 56.7 Å². The molecule has 1 aliphatic rings. The van der Waals surface area contributed by atoms with Crippen LogP contribution >= 0.6 is 0 Å². The zero-order chi connectivity index (χ0) is 12.3. The number of hydrogen-bond acceptors (Lipinski definition) is 1. The van der Waals surface area contributed by atoms with E-state index < -0.39 is 0 Å². The summed E-state index contributed by atoms with van der Waals surface area (Å²) in [5.41, 5.74) is 3.28. The number of rotatable bonds is 4.